The monoisotopic (exact) mass is 366 g/mol. The fourth-order valence-electron chi connectivity index (χ4n) is 2.29. The highest BCUT2D eigenvalue weighted by molar-refractivity contribution is 7.09. The minimum Gasteiger partial charge on any atom is -0.343 e. The summed E-state index contributed by atoms with van der Waals surface area (Å²) in [7, 11) is 0. The van der Waals surface area contributed by atoms with Gasteiger partial charge in [-0.3, -0.25) is 4.79 Å². The van der Waals surface area contributed by atoms with Gasteiger partial charge in [-0.25, -0.2) is 0 Å². The van der Waals surface area contributed by atoms with Crippen LogP contribution in [0.25, 0.3) is 0 Å². The van der Waals surface area contributed by atoms with Crippen LogP contribution in [0, 0.1) is 11.8 Å². The molecular weight excluding hydrogens is 353 g/mol. The van der Waals surface area contributed by atoms with E-state index < -0.39 is 12.0 Å². The Labute approximate surface area is 146 Å². The number of hydrogen-bond acceptors (Lipinski definition) is 5. The molecule has 1 aliphatic heterocycles. The van der Waals surface area contributed by atoms with Crippen LogP contribution in [0.5, 0.6) is 0 Å². The molecule has 1 aromatic carbocycles. The Morgan fingerprint density at radius 2 is 1.80 bits per heavy atom. The van der Waals surface area contributed by atoms with Gasteiger partial charge in [0, 0.05) is 49.2 Å². The Balaban J connectivity index is 1.58. The van der Waals surface area contributed by atoms with Gasteiger partial charge in [0.05, 0.1) is 0 Å². The summed E-state index contributed by atoms with van der Waals surface area (Å²) in [6.45, 7) is 1.54. The highest BCUT2D eigenvalue weighted by atomic mass is 32.1. The van der Waals surface area contributed by atoms with Gasteiger partial charge in [-0.2, -0.15) is 22.5 Å². The minimum atomic E-state index is -4.54. The normalized spacial score (nSPS) is 14.8. The number of aromatic nitrogens is 2. The van der Waals surface area contributed by atoms with Crippen molar-refractivity contribution in [3.05, 3.63) is 41.7 Å². The Kier molecular flexibility index (Phi) is 4.90. The van der Waals surface area contributed by atoms with Gasteiger partial charge in [0.2, 0.25) is 11.0 Å². The lowest BCUT2D eigenvalue weighted by molar-refractivity contribution is -0.144. The fraction of sp³-hybridized carbons (Fsp3) is 0.312. The van der Waals surface area contributed by atoms with Gasteiger partial charge in [-0.05, 0) is 12.1 Å². The van der Waals surface area contributed by atoms with Crippen molar-refractivity contribution in [2.24, 2.45) is 0 Å². The van der Waals surface area contributed by atoms with E-state index in [2.05, 4.69) is 21.2 Å². The minimum absolute atomic E-state index is 0.217. The standard InChI is InChI=1S/C16H13F3N4OS/c17-16(18,19)14-20-15(25-21-14)23-10-8-22(9-11-23)13(24)7-6-12-4-2-1-3-5-12/h1-5H,8-11H2. The second-order valence-electron chi connectivity index (χ2n) is 5.29. The maximum absolute atomic E-state index is 12.6. The van der Waals surface area contributed by atoms with Crippen LogP contribution in [0.3, 0.4) is 0 Å². The summed E-state index contributed by atoms with van der Waals surface area (Å²) in [6.07, 6.45) is -4.54. The molecule has 130 valence electrons. The van der Waals surface area contributed by atoms with Gasteiger partial charge in [0.1, 0.15) is 0 Å². The topological polar surface area (TPSA) is 49.3 Å². The number of benzene rings is 1. The predicted octanol–water partition coefficient (Wildman–Crippen LogP) is 2.26. The van der Waals surface area contributed by atoms with Crippen molar-refractivity contribution < 1.29 is 18.0 Å². The molecule has 0 radical (unpaired) electrons. The molecule has 0 unspecified atom stereocenters. The van der Waals surface area contributed by atoms with Crippen molar-refractivity contribution in [3.8, 4) is 11.8 Å². The van der Waals surface area contributed by atoms with Crippen LogP contribution >= 0.6 is 11.5 Å². The number of rotatable bonds is 1. The largest absolute Gasteiger partial charge is 0.452 e. The van der Waals surface area contributed by atoms with Crippen LogP contribution < -0.4 is 4.90 Å². The first-order valence-electron chi connectivity index (χ1n) is 7.45. The molecule has 3 rings (SSSR count). The summed E-state index contributed by atoms with van der Waals surface area (Å²) >= 11 is 0.714. The lowest BCUT2D eigenvalue weighted by atomic mass is 10.2. The number of alkyl halides is 3. The third-order valence-corrected chi connectivity index (χ3v) is 4.37. The van der Waals surface area contributed by atoms with Gasteiger partial charge < -0.3 is 9.80 Å². The molecule has 9 heteroatoms. The molecule has 1 fully saturated rings. The number of nitrogens with zero attached hydrogens (tertiary/aromatic N) is 4. The highest BCUT2D eigenvalue weighted by Crippen LogP contribution is 2.30. The first kappa shape index (κ1) is 17.2. The van der Waals surface area contributed by atoms with E-state index in [9.17, 15) is 18.0 Å². The average Bonchev–Trinajstić information content (AvgIpc) is 3.11. The molecule has 0 spiro atoms. The van der Waals surface area contributed by atoms with Crippen LogP contribution in [0.1, 0.15) is 11.4 Å². The lowest BCUT2D eigenvalue weighted by Gasteiger charge is -2.33. The van der Waals surface area contributed by atoms with Crippen LogP contribution in [-0.2, 0) is 11.0 Å². The molecule has 2 heterocycles. The average molecular weight is 366 g/mol. The van der Waals surface area contributed by atoms with Crippen LogP contribution in [-0.4, -0.2) is 46.3 Å². The van der Waals surface area contributed by atoms with E-state index in [0.717, 1.165) is 5.56 Å². The smallest absolute Gasteiger partial charge is 0.343 e. The first-order valence-corrected chi connectivity index (χ1v) is 8.22. The maximum Gasteiger partial charge on any atom is 0.452 e. The number of amides is 1. The van der Waals surface area contributed by atoms with E-state index in [4.69, 9.17) is 0 Å². The maximum atomic E-state index is 12.6. The molecule has 0 aliphatic carbocycles. The Morgan fingerprint density at radius 1 is 1.12 bits per heavy atom. The van der Waals surface area contributed by atoms with Gasteiger partial charge >= 0.3 is 6.18 Å². The summed E-state index contributed by atoms with van der Waals surface area (Å²) in [5.74, 6) is 3.98. The Hall–Kier alpha value is -2.60. The fourth-order valence-corrected chi connectivity index (χ4v) is 3.02. The molecule has 1 aromatic heterocycles. The third-order valence-electron chi connectivity index (χ3n) is 3.59. The molecule has 1 amide bonds. The number of anilines is 1. The SMILES string of the molecule is O=C(C#Cc1ccccc1)N1CCN(c2nc(C(F)(F)F)ns2)CC1. The molecule has 0 N–H and O–H groups in total. The van der Waals surface area contributed by atoms with Crippen molar-refractivity contribution >= 4 is 22.6 Å². The summed E-state index contributed by atoms with van der Waals surface area (Å²) in [5.41, 5.74) is 0.753. The molecule has 2 aromatic rings. The van der Waals surface area contributed by atoms with Gasteiger partial charge in [-0.15, -0.1) is 0 Å². The van der Waals surface area contributed by atoms with E-state index in [0.29, 0.717) is 37.7 Å². The third kappa shape index (κ3) is 4.28. The second-order valence-corrected chi connectivity index (χ2v) is 6.02. The summed E-state index contributed by atoms with van der Waals surface area (Å²) in [6, 6.07) is 9.16. The number of piperazine rings is 1. The summed E-state index contributed by atoms with van der Waals surface area (Å²) in [4.78, 5) is 18.9. The lowest BCUT2D eigenvalue weighted by Crippen LogP contribution is -2.48. The zero-order valence-electron chi connectivity index (χ0n) is 13.0. The Bertz CT molecular complexity index is 802. The first-order chi connectivity index (χ1) is 11.9. The Morgan fingerprint density at radius 3 is 2.40 bits per heavy atom. The molecule has 0 atom stereocenters. The van der Waals surface area contributed by atoms with Crippen molar-refractivity contribution in [2.75, 3.05) is 31.1 Å². The zero-order valence-corrected chi connectivity index (χ0v) is 13.8. The summed E-state index contributed by atoms with van der Waals surface area (Å²) < 4.78 is 41.0. The van der Waals surface area contributed by atoms with Gasteiger partial charge in [0.25, 0.3) is 5.91 Å². The van der Waals surface area contributed by atoms with Crippen LogP contribution in [0.4, 0.5) is 18.3 Å². The highest BCUT2D eigenvalue weighted by Gasteiger charge is 2.37. The molecule has 0 bridgehead atoms. The summed E-state index contributed by atoms with van der Waals surface area (Å²) in [5, 5.41) is 0.217. The zero-order chi connectivity index (χ0) is 17.9. The van der Waals surface area contributed by atoms with Crippen molar-refractivity contribution in [1.29, 1.82) is 0 Å². The van der Waals surface area contributed by atoms with Crippen molar-refractivity contribution in [2.45, 2.75) is 6.18 Å². The van der Waals surface area contributed by atoms with E-state index >= 15 is 0 Å². The molecule has 1 aliphatic rings. The second kappa shape index (κ2) is 7.11. The van der Waals surface area contributed by atoms with Gasteiger partial charge in [-0.1, -0.05) is 24.1 Å². The number of halogens is 3. The van der Waals surface area contributed by atoms with Crippen molar-refractivity contribution in [3.63, 3.8) is 0 Å². The molecule has 0 saturated carbocycles. The van der Waals surface area contributed by atoms with Crippen LogP contribution in [0.15, 0.2) is 30.3 Å². The molecule has 25 heavy (non-hydrogen) atoms. The predicted molar refractivity (Wildman–Crippen MR) is 87.0 cm³/mol. The van der Waals surface area contributed by atoms with Crippen molar-refractivity contribution in [1.82, 2.24) is 14.3 Å². The van der Waals surface area contributed by atoms with E-state index in [1.165, 1.54) is 0 Å². The van der Waals surface area contributed by atoms with Gasteiger partial charge in [0.15, 0.2) is 0 Å². The molecule has 5 nitrogen and oxygen atoms in total. The van der Waals surface area contributed by atoms with E-state index in [1.54, 1.807) is 9.80 Å². The number of carbonyl (C=O) groups excluding carboxylic acids is 1. The van der Waals surface area contributed by atoms with E-state index in [1.807, 2.05) is 30.3 Å². The number of carbonyl (C=O) groups is 1. The van der Waals surface area contributed by atoms with E-state index in [-0.39, 0.29) is 11.0 Å². The molecular formula is C16H13F3N4OS. The molecule has 1 saturated heterocycles. The quantitative estimate of drug-likeness (QED) is 0.727. The van der Waals surface area contributed by atoms with Crippen LogP contribution in [0.2, 0.25) is 0 Å². The number of hydrogen-bond donors (Lipinski definition) is 0.